The summed E-state index contributed by atoms with van der Waals surface area (Å²) in [6.07, 6.45) is 3.41. The first-order chi connectivity index (χ1) is 15.2. The molecule has 0 saturated carbocycles. The van der Waals surface area contributed by atoms with Crippen molar-refractivity contribution in [1.82, 2.24) is 34.1 Å². The van der Waals surface area contributed by atoms with Gasteiger partial charge in [0.25, 0.3) is 5.91 Å². The van der Waals surface area contributed by atoms with Crippen LogP contribution in [0.4, 0.5) is 13.2 Å². The highest BCUT2D eigenvalue weighted by Crippen LogP contribution is 2.35. The van der Waals surface area contributed by atoms with E-state index >= 15 is 0 Å². The topological polar surface area (TPSA) is 72.1 Å². The fraction of sp³-hybridized carbons (Fsp3) is 0.524. The predicted octanol–water partition coefficient (Wildman–Crippen LogP) is 2.38. The number of hydrogen-bond donors (Lipinski definition) is 0. The molecule has 1 amide bonds. The lowest BCUT2D eigenvalue weighted by Gasteiger charge is -2.43. The normalized spacial score (nSPS) is 23.6. The lowest BCUT2D eigenvalue weighted by molar-refractivity contribution is -0.182. The highest BCUT2D eigenvalue weighted by Gasteiger charge is 2.43. The first kappa shape index (κ1) is 20.8. The van der Waals surface area contributed by atoms with E-state index in [-0.39, 0.29) is 37.9 Å². The standard InChI is InChI=1S/C21H24F3N7O/c1-13-7-29(12-25-13)16-4-5-17-20(32)30(14(2)8-28(17)10-16)11-19-27-26-18-6-3-15(9-31(18)19)21(22,23)24/h4-5,7,12,14-15H,3,6,8-11H2,1-2H3. The van der Waals surface area contributed by atoms with Crippen molar-refractivity contribution in [1.29, 1.82) is 0 Å². The second-order valence-electron chi connectivity index (χ2n) is 8.72. The van der Waals surface area contributed by atoms with Gasteiger partial charge in [-0.05, 0) is 32.4 Å². The van der Waals surface area contributed by atoms with E-state index in [4.69, 9.17) is 0 Å². The molecule has 2 aromatic heterocycles. The monoisotopic (exact) mass is 447 g/mol. The van der Waals surface area contributed by atoms with Gasteiger partial charge in [0.2, 0.25) is 0 Å². The van der Waals surface area contributed by atoms with E-state index in [9.17, 15) is 18.0 Å². The van der Waals surface area contributed by atoms with Crippen LogP contribution in [-0.4, -0.2) is 65.3 Å². The van der Waals surface area contributed by atoms with E-state index in [1.807, 2.05) is 35.6 Å². The summed E-state index contributed by atoms with van der Waals surface area (Å²) in [5, 5.41) is 8.21. The van der Waals surface area contributed by atoms with Gasteiger partial charge in [-0.1, -0.05) is 0 Å². The summed E-state index contributed by atoms with van der Waals surface area (Å²) in [5.74, 6) is -0.601. The molecule has 0 N–H and O–H groups in total. The third kappa shape index (κ3) is 3.59. The Kier molecular flexibility index (Phi) is 4.86. The minimum Gasteiger partial charge on any atom is -0.359 e. The van der Waals surface area contributed by atoms with Gasteiger partial charge in [0, 0.05) is 37.4 Å². The maximum atomic E-state index is 13.3. The molecule has 3 aliphatic heterocycles. The van der Waals surface area contributed by atoms with E-state index in [1.54, 1.807) is 21.9 Å². The Hall–Kier alpha value is -3.11. The van der Waals surface area contributed by atoms with Gasteiger partial charge >= 0.3 is 6.18 Å². The van der Waals surface area contributed by atoms with Gasteiger partial charge in [-0.15, -0.1) is 10.2 Å². The van der Waals surface area contributed by atoms with Crippen molar-refractivity contribution in [2.45, 2.75) is 52.0 Å². The Balaban J connectivity index is 1.37. The molecule has 0 radical (unpaired) electrons. The number of rotatable bonds is 3. The van der Waals surface area contributed by atoms with Gasteiger partial charge < -0.3 is 18.9 Å². The zero-order chi connectivity index (χ0) is 22.6. The number of nitrogens with zero attached hydrogens (tertiary/aromatic N) is 7. The van der Waals surface area contributed by atoms with Crippen molar-refractivity contribution in [2.24, 2.45) is 5.92 Å². The van der Waals surface area contributed by atoms with Gasteiger partial charge in [-0.3, -0.25) is 4.79 Å². The van der Waals surface area contributed by atoms with Crippen LogP contribution in [0.3, 0.4) is 0 Å². The zero-order valence-corrected chi connectivity index (χ0v) is 17.9. The molecule has 5 heterocycles. The number of halogens is 3. The SMILES string of the molecule is Cc1cn(C2=CC=C3C(=O)N(Cc4nnc5n4CC(C(F)(F)F)CC5)C(C)CN3C2)cn1. The Bertz CT molecular complexity index is 1110. The number of allylic oxidation sites excluding steroid dienone is 2. The van der Waals surface area contributed by atoms with Gasteiger partial charge in [0.15, 0.2) is 5.82 Å². The average molecular weight is 447 g/mol. The molecule has 1 saturated heterocycles. The maximum Gasteiger partial charge on any atom is 0.393 e. The van der Waals surface area contributed by atoms with E-state index in [0.29, 0.717) is 30.4 Å². The van der Waals surface area contributed by atoms with Crippen molar-refractivity contribution < 1.29 is 18.0 Å². The fourth-order valence-corrected chi connectivity index (χ4v) is 4.64. The Morgan fingerprint density at radius 1 is 1.19 bits per heavy atom. The number of alkyl halides is 3. The molecule has 1 fully saturated rings. The molecule has 8 nitrogen and oxygen atoms in total. The summed E-state index contributed by atoms with van der Waals surface area (Å²) in [6, 6.07) is -0.126. The molecule has 11 heteroatoms. The van der Waals surface area contributed by atoms with Crippen LogP contribution in [0.15, 0.2) is 30.4 Å². The Morgan fingerprint density at radius 3 is 2.72 bits per heavy atom. The van der Waals surface area contributed by atoms with Crippen LogP contribution < -0.4 is 0 Å². The van der Waals surface area contributed by atoms with Crippen molar-refractivity contribution >= 4 is 11.6 Å². The van der Waals surface area contributed by atoms with Crippen molar-refractivity contribution in [3.8, 4) is 0 Å². The van der Waals surface area contributed by atoms with E-state index in [1.165, 1.54) is 0 Å². The van der Waals surface area contributed by atoms with Crippen LogP contribution in [0.1, 0.15) is 30.7 Å². The van der Waals surface area contributed by atoms with E-state index < -0.39 is 12.1 Å². The molecule has 32 heavy (non-hydrogen) atoms. The summed E-state index contributed by atoms with van der Waals surface area (Å²) < 4.78 is 43.3. The second-order valence-corrected chi connectivity index (χ2v) is 8.72. The fourth-order valence-electron chi connectivity index (χ4n) is 4.64. The van der Waals surface area contributed by atoms with Crippen molar-refractivity contribution in [2.75, 3.05) is 13.1 Å². The molecule has 3 aliphatic rings. The smallest absolute Gasteiger partial charge is 0.359 e. The third-order valence-corrected chi connectivity index (χ3v) is 6.47. The molecule has 0 aliphatic carbocycles. The lowest BCUT2D eigenvalue weighted by Crippen LogP contribution is -2.54. The summed E-state index contributed by atoms with van der Waals surface area (Å²) in [4.78, 5) is 21.2. The first-order valence-electron chi connectivity index (χ1n) is 10.7. The minimum absolute atomic E-state index is 0.0215. The number of aromatic nitrogens is 5. The Labute approximate surface area is 183 Å². The van der Waals surface area contributed by atoms with Crippen LogP contribution in [0.5, 0.6) is 0 Å². The van der Waals surface area contributed by atoms with Crippen LogP contribution in [0, 0.1) is 12.8 Å². The van der Waals surface area contributed by atoms with Crippen molar-refractivity contribution in [3.63, 3.8) is 0 Å². The Morgan fingerprint density at radius 2 is 2.00 bits per heavy atom. The number of piperazine rings is 1. The molecule has 5 rings (SSSR count). The molecular weight excluding hydrogens is 423 g/mol. The van der Waals surface area contributed by atoms with Gasteiger partial charge in [0.05, 0.1) is 31.0 Å². The molecule has 170 valence electrons. The molecule has 2 atom stereocenters. The van der Waals surface area contributed by atoms with Crippen LogP contribution in [0.2, 0.25) is 0 Å². The largest absolute Gasteiger partial charge is 0.393 e. The number of aryl methyl sites for hydroxylation is 2. The number of amides is 1. The highest BCUT2D eigenvalue weighted by atomic mass is 19.4. The van der Waals surface area contributed by atoms with E-state index in [0.717, 1.165) is 11.4 Å². The number of fused-ring (bicyclic) bond motifs is 2. The quantitative estimate of drug-likeness (QED) is 0.723. The third-order valence-electron chi connectivity index (χ3n) is 6.47. The van der Waals surface area contributed by atoms with Gasteiger partial charge in [0.1, 0.15) is 11.5 Å². The van der Waals surface area contributed by atoms with Crippen LogP contribution in [0.25, 0.3) is 5.70 Å². The van der Waals surface area contributed by atoms with Gasteiger partial charge in [-0.25, -0.2) is 4.98 Å². The predicted molar refractivity (Wildman–Crippen MR) is 109 cm³/mol. The second kappa shape index (κ2) is 7.49. The molecule has 0 bridgehead atoms. The molecule has 0 spiro atoms. The van der Waals surface area contributed by atoms with E-state index in [2.05, 4.69) is 15.2 Å². The number of carbonyl (C=O) groups excluding carboxylic acids is 1. The summed E-state index contributed by atoms with van der Waals surface area (Å²) >= 11 is 0. The molecule has 0 aromatic carbocycles. The summed E-state index contributed by atoms with van der Waals surface area (Å²) in [7, 11) is 0. The molecule has 2 unspecified atom stereocenters. The minimum atomic E-state index is -4.25. The maximum absolute atomic E-state index is 13.3. The summed E-state index contributed by atoms with van der Waals surface area (Å²) in [5.41, 5.74) is 2.52. The highest BCUT2D eigenvalue weighted by molar-refractivity contribution is 5.95. The average Bonchev–Trinajstić information content (AvgIpc) is 3.36. The first-order valence-corrected chi connectivity index (χ1v) is 10.7. The molecular formula is C21H24F3N7O. The van der Waals surface area contributed by atoms with Crippen LogP contribution >= 0.6 is 0 Å². The van der Waals surface area contributed by atoms with Crippen LogP contribution in [-0.2, 0) is 24.3 Å². The number of hydrogen-bond acceptors (Lipinski definition) is 5. The summed E-state index contributed by atoms with van der Waals surface area (Å²) in [6.45, 7) is 5.02. The number of imidazole rings is 1. The zero-order valence-electron chi connectivity index (χ0n) is 17.9. The van der Waals surface area contributed by atoms with Gasteiger partial charge in [-0.2, -0.15) is 13.2 Å². The molecule has 2 aromatic rings. The van der Waals surface area contributed by atoms with Crippen molar-refractivity contribution in [3.05, 3.63) is 47.7 Å². The lowest BCUT2D eigenvalue weighted by atomic mass is 9.99. The number of carbonyl (C=O) groups is 1.